The second-order valence-electron chi connectivity index (χ2n) is 5.35. The van der Waals surface area contributed by atoms with Gasteiger partial charge in [-0.05, 0) is 19.0 Å². The van der Waals surface area contributed by atoms with Crippen LogP contribution in [0.3, 0.4) is 0 Å². The Kier molecular flexibility index (Phi) is 5.35. The van der Waals surface area contributed by atoms with Crippen molar-refractivity contribution in [1.82, 2.24) is 4.90 Å². The molecule has 2 rings (SSSR count). The van der Waals surface area contributed by atoms with Gasteiger partial charge >= 0.3 is 0 Å². The first-order valence-electron chi connectivity index (χ1n) is 7.27. The molecule has 0 saturated heterocycles. The van der Waals surface area contributed by atoms with Crippen LogP contribution in [-0.4, -0.2) is 28.2 Å². The number of aliphatic hydroxyl groups excluding tert-OH is 1. The summed E-state index contributed by atoms with van der Waals surface area (Å²) in [6.07, 6.45) is 0.437. The molecule has 5 nitrogen and oxygen atoms in total. The minimum atomic E-state index is -0.607. The maximum absolute atomic E-state index is 11.4. The molecule has 118 valence electrons. The van der Waals surface area contributed by atoms with E-state index in [9.17, 15) is 15.0 Å². The molecule has 0 spiro atoms. The number of aromatic hydroxyl groups is 1. The summed E-state index contributed by atoms with van der Waals surface area (Å²) < 4.78 is 5.20. The van der Waals surface area contributed by atoms with Crippen molar-refractivity contribution in [2.75, 3.05) is 13.1 Å². The van der Waals surface area contributed by atoms with Crippen LogP contribution in [0.1, 0.15) is 29.9 Å². The van der Waals surface area contributed by atoms with Crippen molar-refractivity contribution in [3.63, 3.8) is 0 Å². The predicted octanol–water partition coefficient (Wildman–Crippen LogP) is 2.21. The molecular formula is C17H21NO4. The Morgan fingerprint density at radius 2 is 1.95 bits per heavy atom. The SMILES string of the molecule is CCN(Cc1cc(=O)c(O)co1)C[C@@H](O)c1ccc(C)cc1. The van der Waals surface area contributed by atoms with Gasteiger partial charge in [-0.15, -0.1) is 0 Å². The van der Waals surface area contributed by atoms with Gasteiger partial charge in [-0.3, -0.25) is 9.69 Å². The van der Waals surface area contributed by atoms with E-state index in [1.807, 2.05) is 43.0 Å². The van der Waals surface area contributed by atoms with Crippen LogP contribution in [0.25, 0.3) is 0 Å². The highest BCUT2D eigenvalue weighted by molar-refractivity contribution is 5.23. The van der Waals surface area contributed by atoms with Crippen LogP contribution in [-0.2, 0) is 6.54 Å². The lowest BCUT2D eigenvalue weighted by Gasteiger charge is -2.23. The Morgan fingerprint density at radius 1 is 1.27 bits per heavy atom. The molecule has 5 heteroatoms. The van der Waals surface area contributed by atoms with Crippen molar-refractivity contribution < 1.29 is 14.6 Å². The standard InChI is InChI=1S/C17H21NO4/c1-3-18(9-14-8-15(19)17(21)11-22-14)10-16(20)13-6-4-12(2)5-7-13/h4-8,11,16,20-21H,3,9-10H2,1-2H3/t16-/m1/s1. The first-order chi connectivity index (χ1) is 10.5. The highest BCUT2D eigenvalue weighted by Gasteiger charge is 2.14. The van der Waals surface area contributed by atoms with Crippen LogP contribution in [0.5, 0.6) is 5.75 Å². The number of rotatable bonds is 6. The zero-order valence-corrected chi connectivity index (χ0v) is 12.8. The topological polar surface area (TPSA) is 73.9 Å². The number of hydrogen-bond donors (Lipinski definition) is 2. The van der Waals surface area contributed by atoms with E-state index in [4.69, 9.17) is 4.42 Å². The summed E-state index contributed by atoms with van der Waals surface area (Å²) in [7, 11) is 0. The minimum absolute atomic E-state index is 0.397. The third-order valence-electron chi connectivity index (χ3n) is 3.59. The molecule has 1 atom stereocenters. The average Bonchev–Trinajstić information content (AvgIpc) is 2.50. The third-order valence-corrected chi connectivity index (χ3v) is 3.59. The largest absolute Gasteiger partial charge is 0.502 e. The summed E-state index contributed by atoms with van der Waals surface area (Å²) in [6, 6.07) is 9.03. The second kappa shape index (κ2) is 7.24. The van der Waals surface area contributed by atoms with Gasteiger partial charge in [-0.2, -0.15) is 0 Å². The van der Waals surface area contributed by atoms with Crippen molar-refractivity contribution in [1.29, 1.82) is 0 Å². The number of likely N-dealkylation sites (N-methyl/N-ethyl adjacent to an activating group) is 1. The number of nitrogens with zero attached hydrogens (tertiary/aromatic N) is 1. The monoisotopic (exact) mass is 303 g/mol. The molecule has 0 aliphatic rings. The number of aryl methyl sites for hydroxylation is 1. The molecule has 2 N–H and O–H groups in total. The Balaban J connectivity index is 2.03. The summed E-state index contributed by atoms with van der Waals surface area (Å²) in [5.74, 6) is 0.0623. The Bertz CT molecular complexity index is 663. The molecule has 0 aliphatic heterocycles. The lowest BCUT2D eigenvalue weighted by Crippen LogP contribution is -2.28. The molecule has 0 amide bonds. The van der Waals surface area contributed by atoms with E-state index >= 15 is 0 Å². The molecule has 22 heavy (non-hydrogen) atoms. The summed E-state index contributed by atoms with van der Waals surface area (Å²) in [5, 5.41) is 19.5. The van der Waals surface area contributed by atoms with E-state index in [0.717, 1.165) is 17.4 Å². The first-order valence-corrected chi connectivity index (χ1v) is 7.27. The minimum Gasteiger partial charge on any atom is -0.502 e. The smallest absolute Gasteiger partial charge is 0.226 e. The van der Waals surface area contributed by atoms with Crippen molar-refractivity contribution in [2.24, 2.45) is 0 Å². The van der Waals surface area contributed by atoms with Gasteiger partial charge in [-0.1, -0.05) is 36.8 Å². The van der Waals surface area contributed by atoms with E-state index in [2.05, 4.69) is 0 Å². The maximum Gasteiger partial charge on any atom is 0.226 e. The fourth-order valence-electron chi connectivity index (χ4n) is 2.19. The highest BCUT2D eigenvalue weighted by Crippen LogP contribution is 2.16. The molecule has 2 aromatic rings. The molecule has 1 aromatic carbocycles. The molecular weight excluding hydrogens is 282 g/mol. The Morgan fingerprint density at radius 3 is 2.55 bits per heavy atom. The first kappa shape index (κ1) is 16.3. The van der Waals surface area contributed by atoms with Crippen molar-refractivity contribution in [2.45, 2.75) is 26.5 Å². The van der Waals surface area contributed by atoms with Crippen molar-refractivity contribution in [3.05, 3.63) is 63.7 Å². The molecule has 1 heterocycles. The van der Waals surface area contributed by atoms with E-state index in [1.54, 1.807) is 0 Å². The van der Waals surface area contributed by atoms with Gasteiger partial charge in [0, 0.05) is 12.6 Å². The Hall–Kier alpha value is -2.11. The number of aliphatic hydroxyl groups is 1. The number of hydrogen-bond acceptors (Lipinski definition) is 5. The fourth-order valence-corrected chi connectivity index (χ4v) is 2.19. The van der Waals surface area contributed by atoms with Crippen LogP contribution in [0.4, 0.5) is 0 Å². The highest BCUT2D eigenvalue weighted by atomic mass is 16.4. The molecule has 1 aromatic heterocycles. The summed E-state index contributed by atoms with van der Waals surface area (Å²) in [6.45, 7) is 5.51. The lowest BCUT2D eigenvalue weighted by molar-refractivity contribution is 0.108. The second-order valence-corrected chi connectivity index (χ2v) is 5.35. The van der Waals surface area contributed by atoms with E-state index in [1.165, 1.54) is 6.07 Å². The zero-order chi connectivity index (χ0) is 16.1. The molecule has 0 unspecified atom stereocenters. The molecule has 0 fully saturated rings. The van der Waals surface area contributed by atoms with Crippen LogP contribution < -0.4 is 5.43 Å². The van der Waals surface area contributed by atoms with Gasteiger partial charge in [-0.25, -0.2) is 0 Å². The van der Waals surface area contributed by atoms with Gasteiger partial charge in [0.25, 0.3) is 0 Å². The van der Waals surface area contributed by atoms with Gasteiger partial charge < -0.3 is 14.6 Å². The fraction of sp³-hybridized carbons (Fsp3) is 0.353. The lowest BCUT2D eigenvalue weighted by atomic mass is 10.1. The zero-order valence-electron chi connectivity index (χ0n) is 12.8. The summed E-state index contributed by atoms with van der Waals surface area (Å²) in [5.41, 5.74) is 1.54. The predicted molar refractivity (Wildman–Crippen MR) is 83.7 cm³/mol. The normalized spacial score (nSPS) is 12.5. The Labute approximate surface area is 129 Å². The van der Waals surface area contributed by atoms with Crippen molar-refractivity contribution >= 4 is 0 Å². The van der Waals surface area contributed by atoms with E-state index in [-0.39, 0.29) is 0 Å². The molecule has 0 radical (unpaired) electrons. The average molecular weight is 303 g/mol. The summed E-state index contributed by atoms with van der Waals surface area (Å²) >= 11 is 0. The maximum atomic E-state index is 11.4. The molecule has 0 saturated carbocycles. The van der Waals surface area contributed by atoms with Crippen LogP contribution >= 0.6 is 0 Å². The van der Waals surface area contributed by atoms with Crippen LogP contribution in [0, 0.1) is 6.92 Å². The third kappa shape index (κ3) is 4.19. The summed E-state index contributed by atoms with van der Waals surface area (Å²) in [4.78, 5) is 13.4. The van der Waals surface area contributed by atoms with Crippen molar-refractivity contribution in [3.8, 4) is 5.75 Å². The van der Waals surface area contributed by atoms with Crippen LogP contribution in [0.2, 0.25) is 0 Å². The van der Waals surface area contributed by atoms with Gasteiger partial charge in [0.2, 0.25) is 5.43 Å². The van der Waals surface area contributed by atoms with Gasteiger partial charge in [0.15, 0.2) is 5.75 Å². The number of benzene rings is 1. The van der Waals surface area contributed by atoms with E-state index in [0.29, 0.717) is 25.4 Å². The molecule has 0 aliphatic carbocycles. The molecule has 0 bridgehead atoms. The van der Waals surface area contributed by atoms with Gasteiger partial charge in [0.1, 0.15) is 12.0 Å². The van der Waals surface area contributed by atoms with Crippen LogP contribution in [0.15, 0.2) is 45.8 Å². The van der Waals surface area contributed by atoms with E-state index < -0.39 is 17.3 Å². The van der Waals surface area contributed by atoms with Gasteiger partial charge in [0.05, 0.1) is 12.6 Å². The quantitative estimate of drug-likeness (QED) is 0.856.